The number of amides is 2. The van der Waals surface area contributed by atoms with Gasteiger partial charge in [0.25, 0.3) is 0 Å². The third kappa shape index (κ3) is 4.88. The lowest BCUT2D eigenvalue weighted by Gasteiger charge is -2.26. The third-order valence-electron chi connectivity index (χ3n) is 6.32. The zero-order valence-corrected chi connectivity index (χ0v) is 20.1. The number of carbonyl (C=O) groups is 2. The highest BCUT2D eigenvalue weighted by Crippen LogP contribution is 2.38. The Balaban J connectivity index is 1.43. The minimum Gasteiger partial charge on any atom is -0.497 e. The van der Waals surface area contributed by atoms with Crippen molar-refractivity contribution in [1.29, 1.82) is 0 Å². The molecule has 182 valence electrons. The molecule has 2 amide bonds. The molecule has 10 heteroatoms. The number of hydrogen-bond donors (Lipinski definition) is 1. The number of hydrogen-bond acceptors (Lipinski definition) is 6. The number of nitrogens with one attached hydrogen (secondary N) is 1. The van der Waals surface area contributed by atoms with Gasteiger partial charge in [-0.25, -0.2) is 13.1 Å². The van der Waals surface area contributed by atoms with E-state index in [4.69, 9.17) is 9.47 Å². The van der Waals surface area contributed by atoms with Crippen LogP contribution in [0.2, 0.25) is 0 Å². The Morgan fingerprint density at radius 2 is 1.82 bits per heavy atom. The quantitative estimate of drug-likeness (QED) is 0.613. The summed E-state index contributed by atoms with van der Waals surface area (Å²) in [5.74, 6) is 1.02. The molecule has 0 bridgehead atoms. The second kappa shape index (κ2) is 10.0. The van der Waals surface area contributed by atoms with Crippen molar-refractivity contribution < 1.29 is 27.5 Å². The zero-order valence-electron chi connectivity index (χ0n) is 19.3. The first-order valence-electron chi connectivity index (χ1n) is 11.3. The molecular weight excluding hydrogens is 458 g/mol. The van der Waals surface area contributed by atoms with Crippen LogP contribution in [0.25, 0.3) is 0 Å². The molecule has 2 aliphatic heterocycles. The van der Waals surface area contributed by atoms with E-state index in [-0.39, 0.29) is 29.3 Å². The molecule has 1 unspecified atom stereocenters. The zero-order chi connectivity index (χ0) is 24.3. The second-order valence-corrected chi connectivity index (χ2v) is 10.1. The van der Waals surface area contributed by atoms with Crippen LogP contribution < -0.4 is 19.1 Å². The number of nitrogens with zero attached hydrogens (tertiary/aromatic N) is 2. The molecule has 2 heterocycles. The van der Waals surface area contributed by atoms with E-state index >= 15 is 0 Å². The Labute approximate surface area is 199 Å². The molecule has 2 aromatic carbocycles. The summed E-state index contributed by atoms with van der Waals surface area (Å²) in [5.41, 5.74) is 1.54. The molecule has 0 radical (unpaired) electrons. The Kier molecular flexibility index (Phi) is 7.08. The molecule has 1 atom stereocenters. The van der Waals surface area contributed by atoms with E-state index in [2.05, 4.69) is 4.72 Å². The van der Waals surface area contributed by atoms with Gasteiger partial charge in [-0.15, -0.1) is 0 Å². The molecule has 4 rings (SSSR count). The van der Waals surface area contributed by atoms with Crippen LogP contribution in [0.1, 0.15) is 37.3 Å². The molecule has 2 fully saturated rings. The van der Waals surface area contributed by atoms with Crippen molar-refractivity contribution in [2.75, 3.05) is 38.8 Å². The lowest BCUT2D eigenvalue weighted by Crippen LogP contribution is -2.39. The lowest BCUT2D eigenvalue weighted by atomic mass is 10.0. The summed E-state index contributed by atoms with van der Waals surface area (Å²) in [4.78, 5) is 28.3. The highest BCUT2D eigenvalue weighted by Gasteiger charge is 2.32. The standard InChI is InChI=1S/C24H29N3O6S/c1-32-18-9-12-20(22(15-18)33-2)21-5-3-14-27(21)24(29)16-25-34(30,31)19-10-7-17(8-11-19)26-13-4-6-23(26)28/h7-12,15,21,25H,3-6,13-14,16H2,1-2H3. The molecule has 0 aromatic heterocycles. The average Bonchev–Trinajstić information content (AvgIpc) is 3.51. The molecule has 2 aliphatic rings. The maximum Gasteiger partial charge on any atom is 0.241 e. The number of likely N-dealkylation sites (tertiary alicyclic amines) is 1. The Morgan fingerprint density at radius 3 is 2.47 bits per heavy atom. The number of carbonyl (C=O) groups excluding carboxylic acids is 2. The van der Waals surface area contributed by atoms with Crippen LogP contribution in [0.4, 0.5) is 5.69 Å². The first-order valence-corrected chi connectivity index (χ1v) is 12.7. The molecule has 9 nitrogen and oxygen atoms in total. The number of anilines is 1. The van der Waals surface area contributed by atoms with Crippen molar-refractivity contribution in [1.82, 2.24) is 9.62 Å². The number of methoxy groups -OCH3 is 2. The molecule has 1 N–H and O–H groups in total. The van der Waals surface area contributed by atoms with Gasteiger partial charge in [-0.1, -0.05) is 0 Å². The minimum atomic E-state index is -3.88. The van der Waals surface area contributed by atoms with Crippen LogP contribution in [-0.2, 0) is 19.6 Å². The number of ether oxygens (including phenoxy) is 2. The van der Waals surface area contributed by atoms with Crippen molar-refractivity contribution >= 4 is 27.5 Å². The molecule has 2 aromatic rings. The van der Waals surface area contributed by atoms with Crippen molar-refractivity contribution in [3.05, 3.63) is 48.0 Å². The van der Waals surface area contributed by atoms with Crippen LogP contribution in [-0.4, -0.2) is 59.0 Å². The summed E-state index contributed by atoms with van der Waals surface area (Å²) >= 11 is 0. The number of rotatable bonds is 8. The molecule has 0 aliphatic carbocycles. The van der Waals surface area contributed by atoms with Gasteiger partial charge in [-0.2, -0.15) is 0 Å². The van der Waals surface area contributed by atoms with E-state index < -0.39 is 10.0 Å². The third-order valence-corrected chi connectivity index (χ3v) is 7.74. The van der Waals surface area contributed by atoms with Crippen LogP contribution in [0.15, 0.2) is 47.4 Å². The van der Waals surface area contributed by atoms with Gasteiger partial charge in [0, 0.05) is 36.8 Å². The van der Waals surface area contributed by atoms with Gasteiger partial charge in [0.2, 0.25) is 21.8 Å². The molecular formula is C24H29N3O6S. The van der Waals surface area contributed by atoms with Crippen LogP contribution in [0.3, 0.4) is 0 Å². The van der Waals surface area contributed by atoms with Crippen molar-refractivity contribution in [2.24, 2.45) is 0 Å². The predicted molar refractivity (Wildman–Crippen MR) is 126 cm³/mol. The van der Waals surface area contributed by atoms with E-state index in [0.717, 1.165) is 24.8 Å². The van der Waals surface area contributed by atoms with Crippen molar-refractivity contribution in [3.8, 4) is 11.5 Å². The SMILES string of the molecule is COc1ccc(C2CCCN2C(=O)CNS(=O)(=O)c2ccc(N3CCCC3=O)cc2)c(OC)c1. The fourth-order valence-electron chi connectivity index (χ4n) is 4.55. The normalized spacial score (nSPS) is 18.4. The van der Waals surface area contributed by atoms with Gasteiger partial charge in [0.15, 0.2) is 0 Å². The predicted octanol–water partition coefficient (Wildman–Crippen LogP) is 2.47. The van der Waals surface area contributed by atoms with Gasteiger partial charge >= 0.3 is 0 Å². The van der Waals surface area contributed by atoms with Gasteiger partial charge in [-0.3, -0.25) is 9.59 Å². The molecule has 0 saturated carbocycles. The van der Waals surface area contributed by atoms with Gasteiger partial charge in [0.05, 0.1) is 31.7 Å². The van der Waals surface area contributed by atoms with Crippen LogP contribution >= 0.6 is 0 Å². The van der Waals surface area contributed by atoms with Crippen molar-refractivity contribution in [2.45, 2.75) is 36.6 Å². The van der Waals surface area contributed by atoms with E-state index in [9.17, 15) is 18.0 Å². The van der Waals surface area contributed by atoms with Crippen LogP contribution in [0.5, 0.6) is 11.5 Å². The maximum atomic E-state index is 13.0. The topological polar surface area (TPSA) is 105 Å². The van der Waals surface area contributed by atoms with E-state index in [0.29, 0.717) is 36.7 Å². The van der Waals surface area contributed by atoms with Gasteiger partial charge < -0.3 is 19.3 Å². The Bertz CT molecular complexity index is 1170. The summed E-state index contributed by atoms with van der Waals surface area (Å²) in [6.07, 6.45) is 2.87. The van der Waals surface area contributed by atoms with Gasteiger partial charge in [0.1, 0.15) is 11.5 Å². The maximum absolute atomic E-state index is 13.0. The second-order valence-electron chi connectivity index (χ2n) is 8.32. The Hall–Kier alpha value is -3.11. The number of sulfonamides is 1. The summed E-state index contributed by atoms with van der Waals surface area (Å²) in [5, 5.41) is 0. The largest absolute Gasteiger partial charge is 0.497 e. The summed E-state index contributed by atoms with van der Waals surface area (Å²) in [6.45, 7) is 0.830. The first kappa shape index (κ1) is 24.0. The lowest BCUT2D eigenvalue weighted by molar-refractivity contribution is -0.130. The van der Waals surface area contributed by atoms with Gasteiger partial charge in [-0.05, 0) is 55.7 Å². The fourth-order valence-corrected chi connectivity index (χ4v) is 5.52. The smallest absolute Gasteiger partial charge is 0.241 e. The molecule has 2 saturated heterocycles. The van der Waals surface area contributed by atoms with E-state index in [1.54, 1.807) is 42.2 Å². The van der Waals surface area contributed by atoms with Crippen LogP contribution in [0, 0.1) is 0 Å². The monoisotopic (exact) mass is 487 g/mol. The summed E-state index contributed by atoms with van der Waals surface area (Å²) < 4.78 is 38.7. The highest BCUT2D eigenvalue weighted by molar-refractivity contribution is 7.89. The number of benzene rings is 2. The highest BCUT2D eigenvalue weighted by atomic mass is 32.2. The minimum absolute atomic E-state index is 0.0352. The molecule has 34 heavy (non-hydrogen) atoms. The van der Waals surface area contributed by atoms with E-state index in [1.165, 1.54) is 12.1 Å². The fraction of sp³-hybridized carbons (Fsp3) is 0.417. The average molecular weight is 488 g/mol. The first-order chi connectivity index (χ1) is 16.3. The van der Waals surface area contributed by atoms with Crippen molar-refractivity contribution in [3.63, 3.8) is 0 Å². The Morgan fingerprint density at radius 1 is 1.06 bits per heavy atom. The van der Waals surface area contributed by atoms with E-state index in [1.807, 2.05) is 12.1 Å². The summed E-state index contributed by atoms with van der Waals surface area (Å²) in [7, 11) is -0.742. The summed E-state index contributed by atoms with van der Waals surface area (Å²) in [6, 6.07) is 11.4. The molecule has 0 spiro atoms.